The molecule has 2 N–H and O–H groups in total. The number of halogens is 1. The minimum Gasteiger partial charge on any atom is -0.326 e. The predicted octanol–water partition coefficient (Wildman–Crippen LogP) is 2.61. The summed E-state index contributed by atoms with van der Waals surface area (Å²) in [4.78, 5) is 0.285. The molecule has 1 heterocycles. The second-order valence-electron chi connectivity index (χ2n) is 5.01. The van der Waals surface area contributed by atoms with Gasteiger partial charge in [0, 0.05) is 24.1 Å². The fourth-order valence-electron chi connectivity index (χ4n) is 2.49. The van der Waals surface area contributed by atoms with Gasteiger partial charge in [-0.2, -0.15) is 4.31 Å². The van der Waals surface area contributed by atoms with Gasteiger partial charge in [0.05, 0.1) is 4.90 Å². The molecule has 0 aliphatic carbocycles. The van der Waals surface area contributed by atoms with Crippen LogP contribution >= 0.6 is 15.9 Å². The van der Waals surface area contributed by atoms with E-state index in [9.17, 15) is 8.42 Å². The summed E-state index contributed by atoms with van der Waals surface area (Å²) in [6, 6.07) is 12.9. The molecule has 0 spiro atoms. The highest BCUT2D eigenvalue weighted by Crippen LogP contribution is 2.32. The highest BCUT2D eigenvalue weighted by Gasteiger charge is 2.31. The lowest BCUT2D eigenvalue weighted by Gasteiger charge is -2.17. The molecule has 110 valence electrons. The first-order chi connectivity index (χ1) is 10.0. The maximum absolute atomic E-state index is 12.8. The SMILES string of the molecule is NCc1ccc(S(=O)(=O)N2Cc3ccccc3C2)c(Br)c1. The molecule has 2 aromatic rings. The average molecular weight is 367 g/mol. The lowest BCUT2D eigenvalue weighted by Crippen LogP contribution is -2.26. The number of fused-ring (bicyclic) bond motifs is 1. The standard InChI is InChI=1S/C15H15BrN2O2S/c16-14-7-11(8-17)5-6-15(14)21(19,20)18-9-12-3-1-2-4-13(12)10-18/h1-7H,8-10,17H2. The van der Waals surface area contributed by atoms with Crippen molar-refractivity contribution in [2.24, 2.45) is 5.73 Å². The van der Waals surface area contributed by atoms with Gasteiger partial charge in [-0.1, -0.05) is 30.3 Å². The Morgan fingerprint density at radius 3 is 2.24 bits per heavy atom. The quantitative estimate of drug-likeness (QED) is 0.907. The fraction of sp³-hybridized carbons (Fsp3) is 0.200. The number of nitrogens with two attached hydrogens (primary N) is 1. The molecule has 0 saturated heterocycles. The van der Waals surface area contributed by atoms with Crippen molar-refractivity contribution in [3.63, 3.8) is 0 Å². The van der Waals surface area contributed by atoms with Crippen LogP contribution in [0.15, 0.2) is 51.8 Å². The molecule has 0 fully saturated rings. The van der Waals surface area contributed by atoms with Crippen molar-refractivity contribution in [3.8, 4) is 0 Å². The summed E-state index contributed by atoms with van der Waals surface area (Å²) >= 11 is 3.34. The summed E-state index contributed by atoms with van der Waals surface area (Å²) in [5.41, 5.74) is 8.60. The zero-order chi connectivity index (χ0) is 15.0. The van der Waals surface area contributed by atoms with Crippen LogP contribution in [0.5, 0.6) is 0 Å². The van der Waals surface area contributed by atoms with Gasteiger partial charge in [-0.25, -0.2) is 8.42 Å². The van der Waals surface area contributed by atoms with E-state index in [4.69, 9.17) is 5.73 Å². The molecular formula is C15H15BrN2O2S. The minimum absolute atomic E-state index is 0.285. The van der Waals surface area contributed by atoms with E-state index in [0.29, 0.717) is 24.1 Å². The molecule has 1 aliphatic heterocycles. The maximum Gasteiger partial charge on any atom is 0.244 e. The van der Waals surface area contributed by atoms with Crippen molar-refractivity contribution in [1.82, 2.24) is 4.31 Å². The Kier molecular flexibility index (Phi) is 3.88. The van der Waals surface area contributed by atoms with Crippen LogP contribution in [-0.2, 0) is 29.7 Å². The van der Waals surface area contributed by atoms with E-state index >= 15 is 0 Å². The Bertz CT molecular complexity index is 765. The second kappa shape index (κ2) is 5.53. The van der Waals surface area contributed by atoms with E-state index in [1.807, 2.05) is 24.3 Å². The van der Waals surface area contributed by atoms with Gasteiger partial charge in [0.1, 0.15) is 0 Å². The van der Waals surface area contributed by atoms with Crippen molar-refractivity contribution >= 4 is 26.0 Å². The first kappa shape index (κ1) is 14.7. The molecule has 3 rings (SSSR count). The molecule has 1 aliphatic rings. The van der Waals surface area contributed by atoms with E-state index in [0.717, 1.165) is 16.7 Å². The van der Waals surface area contributed by atoms with E-state index in [1.165, 1.54) is 4.31 Å². The highest BCUT2D eigenvalue weighted by molar-refractivity contribution is 9.10. The van der Waals surface area contributed by atoms with Gasteiger partial charge in [0.15, 0.2) is 0 Å². The van der Waals surface area contributed by atoms with Crippen LogP contribution in [-0.4, -0.2) is 12.7 Å². The number of sulfonamides is 1. The molecule has 0 saturated carbocycles. The van der Waals surface area contributed by atoms with Crippen molar-refractivity contribution in [2.45, 2.75) is 24.5 Å². The average Bonchev–Trinajstić information content (AvgIpc) is 2.91. The zero-order valence-corrected chi connectivity index (χ0v) is 13.7. The summed E-state index contributed by atoms with van der Waals surface area (Å²) in [7, 11) is -3.52. The van der Waals surface area contributed by atoms with Gasteiger partial charge >= 0.3 is 0 Å². The smallest absolute Gasteiger partial charge is 0.244 e. The van der Waals surface area contributed by atoms with Crippen LogP contribution < -0.4 is 5.73 Å². The minimum atomic E-state index is -3.52. The zero-order valence-electron chi connectivity index (χ0n) is 11.3. The summed E-state index contributed by atoms with van der Waals surface area (Å²) in [5.74, 6) is 0. The molecule has 6 heteroatoms. The van der Waals surface area contributed by atoms with E-state index in [-0.39, 0.29) is 4.90 Å². The van der Waals surface area contributed by atoms with Crippen LogP contribution in [0, 0.1) is 0 Å². The Balaban J connectivity index is 1.96. The topological polar surface area (TPSA) is 63.4 Å². The monoisotopic (exact) mass is 366 g/mol. The summed E-state index contributed by atoms with van der Waals surface area (Å²) in [6.45, 7) is 1.22. The number of rotatable bonds is 3. The van der Waals surface area contributed by atoms with Gasteiger partial charge in [-0.3, -0.25) is 0 Å². The number of hydrogen-bond acceptors (Lipinski definition) is 3. The molecule has 0 amide bonds. The van der Waals surface area contributed by atoms with Crippen LogP contribution in [0.25, 0.3) is 0 Å². The lowest BCUT2D eigenvalue weighted by molar-refractivity contribution is 0.431. The Hall–Kier alpha value is -1.21. The van der Waals surface area contributed by atoms with Crippen LogP contribution in [0.2, 0.25) is 0 Å². The van der Waals surface area contributed by atoms with Crippen molar-refractivity contribution in [3.05, 3.63) is 63.6 Å². The van der Waals surface area contributed by atoms with E-state index in [2.05, 4.69) is 15.9 Å². The lowest BCUT2D eigenvalue weighted by atomic mass is 10.1. The third kappa shape index (κ3) is 2.64. The maximum atomic E-state index is 12.8. The van der Waals surface area contributed by atoms with Crippen molar-refractivity contribution in [2.75, 3.05) is 0 Å². The Morgan fingerprint density at radius 2 is 1.71 bits per heavy atom. The van der Waals surface area contributed by atoms with E-state index in [1.54, 1.807) is 18.2 Å². The highest BCUT2D eigenvalue weighted by atomic mass is 79.9. The molecule has 0 atom stereocenters. The summed E-state index contributed by atoms with van der Waals surface area (Å²) in [6.07, 6.45) is 0. The van der Waals surface area contributed by atoms with E-state index < -0.39 is 10.0 Å². The molecule has 0 radical (unpaired) electrons. The van der Waals surface area contributed by atoms with Crippen molar-refractivity contribution < 1.29 is 8.42 Å². The van der Waals surface area contributed by atoms with Crippen LogP contribution in [0.1, 0.15) is 16.7 Å². The van der Waals surface area contributed by atoms with Gasteiger partial charge in [-0.05, 0) is 44.8 Å². The van der Waals surface area contributed by atoms with Gasteiger partial charge in [0.2, 0.25) is 10.0 Å². The second-order valence-corrected chi connectivity index (χ2v) is 7.77. The number of benzene rings is 2. The van der Waals surface area contributed by atoms with Crippen molar-refractivity contribution in [1.29, 1.82) is 0 Å². The Morgan fingerprint density at radius 1 is 1.10 bits per heavy atom. The third-order valence-corrected chi connectivity index (χ3v) is 6.43. The molecule has 2 aromatic carbocycles. The molecule has 0 unspecified atom stereocenters. The number of nitrogens with zero attached hydrogens (tertiary/aromatic N) is 1. The first-order valence-corrected chi connectivity index (χ1v) is 8.81. The summed E-state index contributed by atoms with van der Waals surface area (Å²) in [5, 5.41) is 0. The molecule has 0 aromatic heterocycles. The third-order valence-electron chi connectivity index (χ3n) is 3.66. The summed E-state index contributed by atoms with van der Waals surface area (Å²) < 4.78 is 27.6. The Labute approximate surface area is 132 Å². The largest absolute Gasteiger partial charge is 0.326 e. The molecule has 4 nitrogen and oxygen atoms in total. The van der Waals surface area contributed by atoms with Gasteiger partial charge in [-0.15, -0.1) is 0 Å². The predicted molar refractivity (Wildman–Crippen MR) is 84.9 cm³/mol. The van der Waals surface area contributed by atoms with Crippen LogP contribution in [0.3, 0.4) is 0 Å². The molecular weight excluding hydrogens is 352 g/mol. The number of hydrogen-bond donors (Lipinski definition) is 1. The normalized spacial score (nSPS) is 15.1. The van der Waals surface area contributed by atoms with Gasteiger partial charge in [0.25, 0.3) is 0 Å². The molecule has 0 bridgehead atoms. The fourth-order valence-corrected chi connectivity index (χ4v) is 4.97. The first-order valence-electron chi connectivity index (χ1n) is 6.58. The van der Waals surface area contributed by atoms with Gasteiger partial charge < -0.3 is 5.73 Å². The van der Waals surface area contributed by atoms with Crippen LogP contribution in [0.4, 0.5) is 0 Å². The molecule has 21 heavy (non-hydrogen) atoms.